The Bertz CT molecular complexity index is 1440. The van der Waals surface area contributed by atoms with Crippen LogP contribution >= 0.6 is 0 Å². The van der Waals surface area contributed by atoms with Gasteiger partial charge < -0.3 is 0 Å². The quantitative estimate of drug-likeness (QED) is 0.535. The van der Waals surface area contributed by atoms with Crippen molar-refractivity contribution in [3.63, 3.8) is 0 Å². The number of hydrogen-bond acceptors (Lipinski definition) is 5. The van der Waals surface area contributed by atoms with E-state index >= 15 is 0 Å². The topological polar surface area (TPSA) is 113 Å². The van der Waals surface area contributed by atoms with Crippen molar-refractivity contribution in [2.24, 2.45) is 0 Å². The van der Waals surface area contributed by atoms with Gasteiger partial charge in [-0.3, -0.25) is 24.5 Å². The maximum absolute atomic E-state index is 13.3. The summed E-state index contributed by atoms with van der Waals surface area (Å²) in [7, 11) is 0. The molecule has 150 valence electrons. The molecule has 30 heavy (non-hydrogen) atoms. The summed E-state index contributed by atoms with van der Waals surface area (Å²) in [6, 6.07) is 9.35. The van der Waals surface area contributed by atoms with Gasteiger partial charge in [0.2, 0.25) is 5.95 Å². The fourth-order valence-corrected chi connectivity index (χ4v) is 4.32. The molecule has 0 fully saturated rings. The second-order valence-corrected chi connectivity index (χ2v) is 7.72. The van der Waals surface area contributed by atoms with Gasteiger partial charge in [-0.1, -0.05) is 24.3 Å². The van der Waals surface area contributed by atoms with Crippen LogP contribution in [0.15, 0.2) is 46.1 Å². The standard InChI is InChI=1S/C22H19N5O3/c1-11-5-3-4-6-14(11)13-8-15-16(17(28)9-13)10-23-20-19(15)21(30)27(26-20)22-24-12(2)7-18(29)25-22/h3-7,10,13H,8-9H2,1-2H3,(H,23,26)(H,24,25,29)/t13-/m0/s1. The molecule has 0 spiro atoms. The van der Waals surface area contributed by atoms with Crippen LogP contribution in [0.25, 0.3) is 17.0 Å². The fraction of sp³-hybridized carbons (Fsp3) is 0.227. The summed E-state index contributed by atoms with van der Waals surface area (Å²) < 4.78 is 1.17. The van der Waals surface area contributed by atoms with Gasteiger partial charge in [0.25, 0.3) is 11.1 Å². The zero-order chi connectivity index (χ0) is 21.0. The number of pyridine rings is 1. The lowest BCUT2D eigenvalue weighted by atomic mass is 9.78. The monoisotopic (exact) mass is 401 g/mol. The first kappa shape index (κ1) is 18.2. The molecule has 0 radical (unpaired) electrons. The Kier molecular flexibility index (Phi) is 4.02. The second-order valence-electron chi connectivity index (χ2n) is 7.72. The Balaban J connectivity index is 1.71. The highest BCUT2D eigenvalue weighted by molar-refractivity contribution is 6.02. The van der Waals surface area contributed by atoms with Crippen LogP contribution in [0.3, 0.4) is 0 Å². The van der Waals surface area contributed by atoms with Crippen molar-refractivity contribution in [2.75, 3.05) is 0 Å². The van der Waals surface area contributed by atoms with Crippen molar-refractivity contribution in [2.45, 2.75) is 32.6 Å². The number of rotatable bonds is 2. The largest absolute Gasteiger partial charge is 0.294 e. The number of nitrogens with one attached hydrogen (secondary N) is 2. The predicted octanol–water partition coefficient (Wildman–Crippen LogP) is 2.33. The van der Waals surface area contributed by atoms with Gasteiger partial charge in [-0.25, -0.2) is 9.97 Å². The average Bonchev–Trinajstić information content (AvgIpc) is 3.04. The van der Waals surface area contributed by atoms with E-state index in [0.717, 1.165) is 11.1 Å². The molecule has 1 aliphatic carbocycles. The summed E-state index contributed by atoms with van der Waals surface area (Å²) in [6.07, 6.45) is 2.48. The summed E-state index contributed by atoms with van der Waals surface area (Å²) in [6.45, 7) is 3.71. The molecular formula is C22H19N5O3. The van der Waals surface area contributed by atoms with Gasteiger partial charge in [0.1, 0.15) is 0 Å². The Morgan fingerprint density at radius 1 is 1.10 bits per heavy atom. The minimum atomic E-state index is -0.388. The van der Waals surface area contributed by atoms with Crippen molar-refractivity contribution in [1.82, 2.24) is 24.7 Å². The van der Waals surface area contributed by atoms with Gasteiger partial charge in [-0.05, 0) is 42.9 Å². The van der Waals surface area contributed by atoms with E-state index in [-0.39, 0.29) is 28.8 Å². The van der Waals surface area contributed by atoms with Gasteiger partial charge in [0.15, 0.2) is 11.4 Å². The van der Waals surface area contributed by atoms with E-state index in [2.05, 4.69) is 20.1 Å². The van der Waals surface area contributed by atoms with Crippen molar-refractivity contribution >= 4 is 16.8 Å². The Labute approximate surface area is 170 Å². The summed E-state index contributed by atoms with van der Waals surface area (Å²) in [5.74, 6) is 0.0685. The van der Waals surface area contributed by atoms with Crippen LogP contribution in [0.2, 0.25) is 0 Å². The molecule has 1 aliphatic rings. The number of aromatic amines is 2. The first-order valence-electron chi connectivity index (χ1n) is 9.72. The van der Waals surface area contributed by atoms with Gasteiger partial charge in [-0.15, -0.1) is 0 Å². The number of Topliss-reactive ketones (excluding diaryl/α,β-unsaturated/α-hetero) is 1. The summed E-state index contributed by atoms with van der Waals surface area (Å²) in [5, 5.41) is 3.28. The highest BCUT2D eigenvalue weighted by Gasteiger charge is 2.30. The number of aromatic nitrogens is 5. The van der Waals surface area contributed by atoms with E-state index in [9.17, 15) is 14.4 Å². The molecule has 1 atom stereocenters. The molecule has 8 heteroatoms. The SMILES string of the molecule is Cc1cc(=O)[nH]c(-n2[nH]c3ncc4c(c3c2=O)C[C@H](c2ccccc2C)CC4=O)n1. The molecule has 0 aliphatic heterocycles. The number of ketones is 1. The van der Waals surface area contributed by atoms with Crippen molar-refractivity contribution < 1.29 is 4.79 Å². The molecule has 1 aromatic carbocycles. The van der Waals surface area contributed by atoms with Gasteiger partial charge in [-0.2, -0.15) is 4.68 Å². The maximum Gasteiger partial charge on any atom is 0.283 e. The summed E-state index contributed by atoms with van der Waals surface area (Å²) in [5.41, 5.74) is 3.53. The number of benzene rings is 1. The minimum Gasteiger partial charge on any atom is -0.294 e. The molecule has 0 amide bonds. The van der Waals surface area contributed by atoms with Crippen LogP contribution in [-0.4, -0.2) is 30.5 Å². The third-order valence-electron chi connectivity index (χ3n) is 5.70. The molecule has 3 aromatic heterocycles. The van der Waals surface area contributed by atoms with Crippen LogP contribution in [0.1, 0.15) is 45.1 Å². The molecule has 0 saturated heterocycles. The Hall–Kier alpha value is -3.81. The van der Waals surface area contributed by atoms with Crippen LogP contribution in [0, 0.1) is 13.8 Å². The van der Waals surface area contributed by atoms with E-state index in [0.29, 0.717) is 40.7 Å². The lowest BCUT2D eigenvalue weighted by Gasteiger charge is -2.25. The zero-order valence-corrected chi connectivity index (χ0v) is 16.5. The molecular weight excluding hydrogens is 382 g/mol. The van der Waals surface area contributed by atoms with E-state index in [1.165, 1.54) is 16.9 Å². The van der Waals surface area contributed by atoms with E-state index in [4.69, 9.17) is 0 Å². The maximum atomic E-state index is 13.3. The van der Waals surface area contributed by atoms with E-state index in [1.54, 1.807) is 6.92 Å². The van der Waals surface area contributed by atoms with Crippen LogP contribution in [0.5, 0.6) is 0 Å². The lowest BCUT2D eigenvalue weighted by molar-refractivity contribution is 0.0964. The number of hydrogen-bond donors (Lipinski definition) is 2. The second kappa shape index (κ2) is 6.62. The van der Waals surface area contributed by atoms with Gasteiger partial charge >= 0.3 is 0 Å². The molecule has 0 bridgehead atoms. The van der Waals surface area contributed by atoms with Crippen LogP contribution in [0.4, 0.5) is 0 Å². The Morgan fingerprint density at radius 2 is 1.90 bits per heavy atom. The number of carbonyl (C=O) groups is 1. The molecule has 0 saturated carbocycles. The predicted molar refractivity (Wildman–Crippen MR) is 111 cm³/mol. The molecule has 8 nitrogen and oxygen atoms in total. The van der Waals surface area contributed by atoms with Gasteiger partial charge in [0.05, 0.1) is 5.39 Å². The Morgan fingerprint density at radius 3 is 2.67 bits per heavy atom. The molecule has 4 aromatic rings. The zero-order valence-electron chi connectivity index (χ0n) is 16.5. The molecule has 0 unspecified atom stereocenters. The molecule has 3 heterocycles. The first-order valence-corrected chi connectivity index (χ1v) is 9.72. The average molecular weight is 401 g/mol. The third-order valence-corrected chi connectivity index (χ3v) is 5.70. The highest BCUT2D eigenvalue weighted by Crippen LogP contribution is 2.35. The van der Waals surface area contributed by atoms with Crippen molar-refractivity contribution in [3.05, 3.63) is 85.2 Å². The number of carbonyl (C=O) groups excluding carboxylic acids is 1. The summed E-state index contributed by atoms with van der Waals surface area (Å²) >= 11 is 0. The molecule has 2 N–H and O–H groups in total. The first-order chi connectivity index (χ1) is 14.4. The minimum absolute atomic E-state index is 0.00329. The van der Waals surface area contributed by atoms with Gasteiger partial charge in [0, 0.05) is 29.9 Å². The van der Waals surface area contributed by atoms with Crippen molar-refractivity contribution in [1.29, 1.82) is 0 Å². The fourth-order valence-electron chi connectivity index (χ4n) is 4.32. The normalized spacial score (nSPS) is 16.1. The van der Waals surface area contributed by atoms with Crippen LogP contribution < -0.4 is 11.1 Å². The van der Waals surface area contributed by atoms with E-state index < -0.39 is 0 Å². The smallest absolute Gasteiger partial charge is 0.283 e. The summed E-state index contributed by atoms with van der Waals surface area (Å²) in [4.78, 5) is 49.1. The lowest BCUT2D eigenvalue weighted by Crippen LogP contribution is -2.24. The third kappa shape index (κ3) is 2.80. The number of nitrogens with zero attached hydrogens (tertiary/aromatic N) is 3. The number of H-pyrrole nitrogens is 2. The number of aryl methyl sites for hydroxylation is 2. The van der Waals surface area contributed by atoms with Crippen molar-refractivity contribution in [3.8, 4) is 5.95 Å². The van der Waals surface area contributed by atoms with Crippen LogP contribution in [-0.2, 0) is 6.42 Å². The number of fused-ring (bicyclic) bond motifs is 3. The molecule has 5 rings (SSSR count). The highest BCUT2D eigenvalue weighted by atomic mass is 16.1. The van der Waals surface area contributed by atoms with E-state index in [1.807, 2.05) is 31.2 Å².